The van der Waals surface area contributed by atoms with Gasteiger partial charge in [0.05, 0.1) is 19.8 Å². The first-order valence-corrected chi connectivity index (χ1v) is 10.1. The number of nitrogens with one attached hydrogen (secondary N) is 2. The molecule has 0 spiro atoms. The fourth-order valence-corrected chi connectivity index (χ4v) is 4.38. The Morgan fingerprint density at radius 2 is 1.96 bits per heavy atom. The van der Waals surface area contributed by atoms with Crippen molar-refractivity contribution in [2.24, 2.45) is 0 Å². The van der Waals surface area contributed by atoms with Crippen molar-refractivity contribution in [1.29, 1.82) is 0 Å². The lowest BCUT2D eigenvalue weighted by Gasteiger charge is -2.23. The molecular weight excluding hydrogens is 388 g/mol. The van der Waals surface area contributed by atoms with Crippen LogP contribution < -0.4 is 10.2 Å². The van der Waals surface area contributed by atoms with Crippen LogP contribution in [0, 0.1) is 0 Å². The molecule has 1 aromatic heterocycles. The van der Waals surface area contributed by atoms with Gasteiger partial charge >= 0.3 is 5.97 Å². The number of rotatable bonds is 6. The molecule has 1 aliphatic rings. The van der Waals surface area contributed by atoms with Crippen LogP contribution in [0.5, 0.6) is 0 Å². The molecule has 3 rings (SSSR count). The van der Waals surface area contributed by atoms with E-state index in [1.165, 1.54) is 11.3 Å². The molecule has 0 unspecified atom stereocenters. The van der Waals surface area contributed by atoms with Crippen LogP contribution in [0.25, 0.3) is 11.1 Å². The number of hydrogen-bond acceptors (Lipinski definition) is 5. The summed E-state index contributed by atoms with van der Waals surface area (Å²) in [5, 5.41) is 3.29. The molecule has 1 aromatic carbocycles. The van der Waals surface area contributed by atoms with E-state index in [1.54, 1.807) is 6.92 Å². The summed E-state index contributed by atoms with van der Waals surface area (Å²) in [5.74, 6) is -0.650. The van der Waals surface area contributed by atoms with Crippen LogP contribution in [-0.2, 0) is 14.3 Å². The largest absolute Gasteiger partial charge is 0.462 e. The average molecular weight is 410 g/mol. The highest BCUT2D eigenvalue weighted by molar-refractivity contribution is 7.21. The monoisotopic (exact) mass is 409 g/mol. The molecule has 0 aliphatic carbocycles. The van der Waals surface area contributed by atoms with Gasteiger partial charge in [-0.3, -0.25) is 4.79 Å². The number of amides is 1. The Balaban J connectivity index is 1.87. The number of quaternary nitrogens is 1. The number of ether oxygens (including phenoxy) is 2. The standard InChI is InChI=1S/C19H21ClN2O4S/c1-2-26-19(24)16-15(13-6-4-3-5-7-13)17(20)27-18(16)21-14(23)12-22-8-10-25-11-9-22/h3-7H,2,8-12H2,1H3,(H,21,23)/p+1. The molecule has 1 aliphatic heterocycles. The van der Waals surface area contributed by atoms with Gasteiger partial charge < -0.3 is 19.7 Å². The molecule has 0 radical (unpaired) electrons. The maximum absolute atomic E-state index is 12.6. The van der Waals surface area contributed by atoms with Crippen LogP contribution in [0.1, 0.15) is 17.3 Å². The van der Waals surface area contributed by atoms with Crippen LogP contribution in [0.4, 0.5) is 5.00 Å². The zero-order valence-electron chi connectivity index (χ0n) is 15.0. The third-order valence-corrected chi connectivity index (χ3v) is 5.58. The zero-order chi connectivity index (χ0) is 19.2. The van der Waals surface area contributed by atoms with Gasteiger partial charge in [0.2, 0.25) is 0 Å². The summed E-state index contributed by atoms with van der Waals surface area (Å²) in [6.45, 7) is 5.19. The van der Waals surface area contributed by atoms with Crippen molar-refractivity contribution in [3.8, 4) is 11.1 Å². The number of anilines is 1. The molecule has 2 aromatic rings. The van der Waals surface area contributed by atoms with E-state index in [0.29, 0.717) is 40.2 Å². The van der Waals surface area contributed by atoms with Crippen molar-refractivity contribution >= 4 is 39.8 Å². The molecule has 0 bridgehead atoms. The van der Waals surface area contributed by atoms with Gasteiger partial charge in [-0.25, -0.2) is 4.79 Å². The molecule has 6 nitrogen and oxygen atoms in total. The summed E-state index contributed by atoms with van der Waals surface area (Å²) >= 11 is 7.62. The van der Waals surface area contributed by atoms with E-state index < -0.39 is 5.97 Å². The molecule has 2 N–H and O–H groups in total. The molecular formula is C19H22ClN2O4S+. The van der Waals surface area contributed by atoms with E-state index in [2.05, 4.69) is 5.32 Å². The second-order valence-electron chi connectivity index (χ2n) is 6.13. The van der Waals surface area contributed by atoms with Gasteiger partial charge in [0.25, 0.3) is 5.91 Å². The smallest absolute Gasteiger partial charge is 0.341 e. The summed E-state index contributed by atoms with van der Waals surface area (Å²) in [6.07, 6.45) is 0. The first-order valence-electron chi connectivity index (χ1n) is 8.86. The van der Waals surface area contributed by atoms with Gasteiger partial charge in [0.15, 0.2) is 6.54 Å². The summed E-state index contributed by atoms with van der Waals surface area (Å²) in [6, 6.07) is 9.39. The van der Waals surface area contributed by atoms with Gasteiger partial charge in [-0.2, -0.15) is 0 Å². The van der Waals surface area contributed by atoms with Gasteiger partial charge in [0.1, 0.15) is 28.0 Å². The number of carbonyl (C=O) groups is 2. The topological polar surface area (TPSA) is 69.1 Å². The second-order valence-corrected chi connectivity index (χ2v) is 7.75. The number of esters is 1. The number of carbonyl (C=O) groups excluding carboxylic acids is 2. The molecule has 8 heteroatoms. The van der Waals surface area contributed by atoms with Crippen molar-refractivity contribution in [2.45, 2.75) is 6.92 Å². The van der Waals surface area contributed by atoms with Crippen molar-refractivity contribution in [3.63, 3.8) is 0 Å². The lowest BCUT2D eigenvalue weighted by atomic mass is 10.0. The first-order chi connectivity index (χ1) is 13.1. The van der Waals surface area contributed by atoms with Crippen LogP contribution in [0.3, 0.4) is 0 Å². The lowest BCUT2D eigenvalue weighted by Crippen LogP contribution is -3.15. The summed E-state index contributed by atoms with van der Waals surface area (Å²) in [5.41, 5.74) is 1.71. The Morgan fingerprint density at radius 1 is 1.26 bits per heavy atom. The maximum Gasteiger partial charge on any atom is 0.341 e. The Kier molecular flexibility index (Phi) is 6.84. The molecule has 144 valence electrons. The molecule has 1 amide bonds. The Hall–Kier alpha value is -1.93. The summed E-state index contributed by atoms with van der Waals surface area (Å²) in [7, 11) is 0. The quantitative estimate of drug-likeness (QED) is 0.717. The molecule has 1 fully saturated rings. The second kappa shape index (κ2) is 9.32. The Bertz CT molecular complexity index is 804. The van der Waals surface area contributed by atoms with E-state index in [0.717, 1.165) is 23.6 Å². The maximum atomic E-state index is 12.6. The lowest BCUT2D eigenvalue weighted by molar-refractivity contribution is -0.899. The fourth-order valence-electron chi connectivity index (χ4n) is 2.99. The van der Waals surface area contributed by atoms with E-state index in [-0.39, 0.29) is 12.5 Å². The van der Waals surface area contributed by atoms with Crippen LogP contribution in [0.15, 0.2) is 30.3 Å². The molecule has 1 saturated heterocycles. The van der Waals surface area contributed by atoms with Crippen molar-refractivity contribution in [2.75, 3.05) is 44.8 Å². The van der Waals surface area contributed by atoms with Crippen molar-refractivity contribution in [3.05, 3.63) is 40.2 Å². The minimum Gasteiger partial charge on any atom is -0.462 e. The highest BCUT2D eigenvalue weighted by Crippen LogP contribution is 2.43. The predicted molar refractivity (Wildman–Crippen MR) is 106 cm³/mol. The number of halogens is 1. The first kappa shape index (κ1) is 19.8. The third-order valence-electron chi connectivity index (χ3n) is 4.27. The fraction of sp³-hybridized carbons (Fsp3) is 0.368. The van der Waals surface area contributed by atoms with Gasteiger partial charge in [0, 0.05) is 5.56 Å². The van der Waals surface area contributed by atoms with Gasteiger partial charge in [-0.1, -0.05) is 41.9 Å². The molecule has 2 heterocycles. The number of morpholine rings is 1. The number of benzene rings is 1. The highest BCUT2D eigenvalue weighted by atomic mass is 35.5. The zero-order valence-corrected chi connectivity index (χ0v) is 16.6. The highest BCUT2D eigenvalue weighted by Gasteiger charge is 2.27. The van der Waals surface area contributed by atoms with E-state index in [4.69, 9.17) is 21.1 Å². The van der Waals surface area contributed by atoms with Crippen LogP contribution in [0.2, 0.25) is 4.34 Å². The SMILES string of the molecule is CCOC(=O)c1c(NC(=O)C[NH+]2CCOCC2)sc(Cl)c1-c1ccccc1. The van der Waals surface area contributed by atoms with Gasteiger partial charge in [-0.05, 0) is 12.5 Å². The third kappa shape index (κ3) is 4.87. The number of thiophene rings is 1. The Labute approximate surface area is 167 Å². The summed E-state index contributed by atoms with van der Waals surface area (Å²) < 4.78 is 11.0. The molecule has 0 saturated carbocycles. The minimum atomic E-state index is -0.492. The average Bonchev–Trinajstić information content (AvgIpc) is 2.99. The van der Waals surface area contributed by atoms with Crippen molar-refractivity contribution < 1.29 is 24.0 Å². The van der Waals surface area contributed by atoms with Gasteiger partial charge in [-0.15, -0.1) is 11.3 Å². The van der Waals surface area contributed by atoms with E-state index in [9.17, 15) is 9.59 Å². The molecule has 27 heavy (non-hydrogen) atoms. The minimum absolute atomic E-state index is 0.157. The number of hydrogen-bond donors (Lipinski definition) is 2. The molecule has 0 atom stereocenters. The van der Waals surface area contributed by atoms with E-state index in [1.807, 2.05) is 30.3 Å². The van der Waals surface area contributed by atoms with Crippen LogP contribution >= 0.6 is 22.9 Å². The summed E-state index contributed by atoms with van der Waals surface area (Å²) in [4.78, 5) is 26.3. The Morgan fingerprint density at radius 3 is 2.63 bits per heavy atom. The van der Waals surface area contributed by atoms with Crippen LogP contribution in [-0.4, -0.2) is 51.3 Å². The normalized spacial score (nSPS) is 14.7. The van der Waals surface area contributed by atoms with E-state index >= 15 is 0 Å². The van der Waals surface area contributed by atoms with Crippen molar-refractivity contribution in [1.82, 2.24) is 0 Å². The predicted octanol–water partition coefficient (Wildman–Crippen LogP) is 2.10.